The Bertz CT molecular complexity index is 829. The first-order chi connectivity index (χ1) is 10.7. The van der Waals surface area contributed by atoms with Gasteiger partial charge in [0.15, 0.2) is 11.5 Å². The molecule has 2 aromatic heterocycles. The summed E-state index contributed by atoms with van der Waals surface area (Å²) in [5.74, 6) is 0.527. The molecule has 5 nitrogen and oxygen atoms in total. The van der Waals surface area contributed by atoms with E-state index in [2.05, 4.69) is 17.5 Å². The average molecular weight is 296 g/mol. The second-order valence-corrected chi connectivity index (χ2v) is 4.87. The molecule has 22 heavy (non-hydrogen) atoms. The Morgan fingerprint density at radius 1 is 1.23 bits per heavy atom. The van der Waals surface area contributed by atoms with Gasteiger partial charge in [-0.05, 0) is 31.5 Å². The SMILES string of the molecule is CCc1c(/C(C)=N\NC(=O)c2ccco2)oc2ccccc12. The lowest BCUT2D eigenvalue weighted by atomic mass is 10.1. The van der Waals surface area contributed by atoms with Crippen LogP contribution in [0.5, 0.6) is 0 Å². The summed E-state index contributed by atoms with van der Waals surface area (Å²) in [4.78, 5) is 11.8. The summed E-state index contributed by atoms with van der Waals surface area (Å²) in [6.07, 6.45) is 2.27. The van der Waals surface area contributed by atoms with Crippen molar-refractivity contribution in [2.75, 3.05) is 0 Å². The van der Waals surface area contributed by atoms with E-state index < -0.39 is 5.91 Å². The third-order valence-electron chi connectivity index (χ3n) is 3.45. The molecule has 2 heterocycles. The van der Waals surface area contributed by atoms with Gasteiger partial charge in [-0.2, -0.15) is 5.10 Å². The van der Waals surface area contributed by atoms with Crippen LogP contribution in [-0.4, -0.2) is 11.6 Å². The molecule has 0 saturated carbocycles. The summed E-state index contributed by atoms with van der Waals surface area (Å²) >= 11 is 0. The maximum Gasteiger partial charge on any atom is 0.307 e. The summed E-state index contributed by atoms with van der Waals surface area (Å²) in [7, 11) is 0. The zero-order chi connectivity index (χ0) is 15.5. The molecule has 0 unspecified atom stereocenters. The molecule has 1 amide bonds. The lowest BCUT2D eigenvalue weighted by molar-refractivity contribution is 0.0927. The van der Waals surface area contributed by atoms with Crippen molar-refractivity contribution >= 4 is 22.6 Å². The minimum atomic E-state index is -0.390. The van der Waals surface area contributed by atoms with Gasteiger partial charge < -0.3 is 8.83 Å². The number of hydrogen-bond donors (Lipinski definition) is 1. The first kappa shape index (κ1) is 14.1. The van der Waals surface area contributed by atoms with Crippen molar-refractivity contribution in [3.63, 3.8) is 0 Å². The van der Waals surface area contributed by atoms with Crippen molar-refractivity contribution in [3.8, 4) is 0 Å². The molecular weight excluding hydrogens is 280 g/mol. The molecule has 1 aromatic carbocycles. The molecule has 0 radical (unpaired) electrons. The molecule has 0 aliphatic carbocycles. The van der Waals surface area contributed by atoms with Crippen LogP contribution in [0.25, 0.3) is 11.0 Å². The number of hydrazone groups is 1. The lowest BCUT2D eigenvalue weighted by Gasteiger charge is -2.01. The summed E-state index contributed by atoms with van der Waals surface area (Å²) in [5.41, 5.74) is 5.00. The van der Waals surface area contributed by atoms with Gasteiger partial charge >= 0.3 is 5.91 Å². The Morgan fingerprint density at radius 3 is 2.77 bits per heavy atom. The molecule has 3 aromatic rings. The molecule has 1 N–H and O–H groups in total. The number of fused-ring (bicyclic) bond motifs is 1. The first-order valence-electron chi connectivity index (χ1n) is 7.09. The number of furan rings is 2. The van der Waals surface area contributed by atoms with Crippen LogP contribution >= 0.6 is 0 Å². The Labute approximate surface area is 127 Å². The molecule has 112 valence electrons. The topological polar surface area (TPSA) is 67.7 Å². The van der Waals surface area contributed by atoms with Crippen LogP contribution in [0.1, 0.15) is 35.7 Å². The zero-order valence-electron chi connectivity index (χ0n) is 12.4. The third-order valence-corrected chi connectivity index (χ3v) is 3.45. The number of rotatable bonds is 4. The van der Waals surface area contributed by atoms with Crippen LogP contribution in [0, 0.1) is 0 Å². The van der Waals surface area contributed by atoms with Crippen molar-refractivity contribution in [1.29, 1.82) is 0 Å². The molecular formula is C17H16N2O3. The second-order valence-electron chi connectivity index (χ2n) is 4.87. The maximum absolute atomic E-state index is 11.8. The average Bonchev–Trinajstić information content (AvgIpc) is 3.19. The van der Waals surface area contributed by atoms with E-state index in [1.165, 1.54) is 6.26 Å². The molecule has 0 atom stereocenters. The predicted octanol–water partition coefficient (Wildman–Crippen LogP) is 3.74. The van der Waals surface area contributed by atoms with E-state index in [0.29, 0.717) is 11.5 Å². The van der Waals surface area contributed by atoms with E-state index in [1.54, 1.807) is 19.1 Å². The number of carbonyl (C=O) groups is 1. The van der Waals surface area contributed by atoms with Crippen LogP contribution < -0.4 is 5.43 Å². The first-order valence-corrected chi connectivity index (χ1v) is 7.09. The second kappa shape index (κ2) is 5.89. The Morgan fingerprint density at radius 2 is 2.05 bits per heavy atom. The molecule has 0 saturated heterocycles. The highest BCUT2D eigenvalue weighted by molar-refractivity contribution is 6.03. The Kier molecular flexibility index (Phi) is 3.78. The summed E-state index contributed by atoms with van der Waals surface area (Å²) in [5, 5.41) is 5.19. The molecule has 0 aliphatic rings. The van der Waals surface area contributed by atoms with Gasteiger partial charge in [0.05, 0.1) is 6.26 Å². The van der Waals surface area contributed by atoms with Gasteiger partial charge in [-0.3, -0.25) is 4.79 Å². The van der Waals surface area contributed by atoms with Crippen LogP contribution in [0.4, 0.5) is 0 Å². The number of aryl methyl sites for hydroxylation is 1. The summed E-state index contributed by atoms with van der Waals surface area (Å²) in [6, 6.07) is 11.1. The summed E-state index contributed by atoms with van der Waals surface area (Å²) < 4.78 is 10.9. The largest absolute Gasteiger partial charge is 0.459 e. The molecule has 0 spiro atoms. The van der Waals surface area contributed by atoms with Crippen molar-refractivity contribution in [1.82, 2.24) is 5.43 Å². The molecule has 5 heteroatoms. The Hall–Kier alpha value is -2.82. The highest BCUT2D eigenvalue weighted by Gasteiger charge is 2.15. The Balaban J connectivity index is 1.90. The predicted molar refractivity (Wildman–Crippen MR) is 84.0 cm³/mol. The lowest BCUT2D eigenvalue weighted by Crippen LogP contribution is -2.18. The minimum absolute atomic E-state index is 0.219. The van der Waals surface area contributed by atoms with Gasteiger partial charge in [0.25, 0.3) is 0 Å². The van der Waals surface area contributed by atoms with Gasteiger partial charge in [-0.1, -0.05) is 25.1 Å². The quantitative estimate of drug-likeness (QED) is 0.589. The normalized spacial score (nSPS) is 11.8. The van der Waals surface area contributed by atoms with Crippen molar-refractivity contribution in [2.24, 2.45) is 5.10 Å². The number of amides is 1. The van der Waals surface area contributed by atoms with Crippen molar-refractivity contribution < 1.29 is 13.6 Å². The zero-order valence-corrected chi connectivity index (χ0v) is 12.4. The molecule has 0 bridgehead atoms. The van der Waals surface area contributed by atoms with E-state index >= 15 is 0 Å². The monoisotopic (exact) mass is 296 g/mol. The number of nitrogens with zero attached hydrogens (tertiary/aromatic N) is 1. The number of benzene rings is 1. The smallest absolute Gasteiger partial charge is 0.307 e. The number of hydrogen-bond acceptors (Lipinski definition) is 4. The molecule has 3 rings (SSSR count). The van der Waals surface area contributed by atoms with Gasteiger partial charge in [0.1, 0.15) is 11.3 Å². The fraction of sp³-hybridized carbons (Fsp3) is 0.176. The van der Waals surface area contributed by atoms with Gasteiger partial charge in [0.2, 0.25) is 0 Å². The maximum atomic E-state index is 11.8. The molecule has 0 aliphatic heterocycles. The highest BCUT2D eigenvalue weighted by Crippen LogP contribution is 2.26. The van der Waals surface area contributed by atoms with Crippen LogP contribution in [0.2, 0.25) is 0 Å². The van der Waals surface area contributed by atoms with E-state index in [0.717, 1.165) is 23.0 Å². The van der Waals surface area contributed by atoms with Gasteiger partial charge in [0, 0.05) is 10.9 Å². The number of carbonyl (C=O) groups excluding carboxylic acids is 1. The minimum Gasteiger partial charge on any atom is -0.459 e. The van der Waals surface area contributed by atoms with E-state index in [9.17, 15) is 4.79 Å². The summed E-state index contributed by atoms with van der Waals surface area (Å²) in [6.45, 7) is 3.87. The highest BCUT2D eigenvalue weighted by atomic mass is 16.3. The fourth-order valence-corrected chi connectivity index (χ4v) is 2.39. The standard InChI is InChI=1S/C17H16N2O3/c1-3-12-13-7-4-5-8-14(13)22-16(12)11(2)18-19-17(20)15-9-6-10-21-15/h4-10H,3H2,1-2H3,(H,19,20)/b18-11-. The third kappa shape index (κ3) is 2.53. The molecule has 0 fully saturated rings. The van der Waals surface area contributed by atoms with E-state index in [-0.39, 0.29) is 5.76 Å². The van der Waals surface area contributed by atoms with Crippen LogP contribution in [-0.2, 0) is 6.42 Å². The van der Waals surface area contributed by atoms with Gasteiger partial charge in [-0.25, -0.2) is 5.43 Å². The number of para-hydroxylation sites is 1. The van der Waals surface area contributed by atoms with E-state index in [4.69, 9.17) is 8.83 Å². The van der Waals surface area contributed by atoms with Crippen LogP contribution in [0.15, 0.2) is 56.6 Å². The van der Waals surface area contributed by atoms with Crippen molar-refractivity contribution in [2.45, 2.75) is 20.3 Å². The number of nitrogens with one attached hydrogen (secondary N) is 1. The van der Waals surface area contributed by atoms with E-state index in [1.807, 2.05) is 24.3 Å². The fourth-order valence-electron chi connectivity index (χ4n) is 2.39. The van der Waals surface area contributed by atoms with Crippen LogP contribution in [0.3, 0.4) is 0 Å². The van der Waals surface area contributed by atoms with Crippen molar-refractivity contribution in [3.05, 3.63) is 59.7 Å². The van der Waals surface area contributed by atoms with Gasteiger partial charge in [-0.15, -0.1) is 0 Å².